The Labute approximate surface area is 261 Å². The second-order valence-electron chi connectivity index (χ2n) is 11.1. The highest BCUT2D eigenvalue weighted by Crippen LogP contribution is 2.46. The fraction of sp³-hybridized carbons (Fsp3) is 0.206. The zero-order chi connectivity index (χ0) is 32.3. The van der Waals surface area contributed by atoms with Crippen molar-refractivity contribution in [2.24, 2.45) is 0 Å². The van der Waals surface area contributed by atoms with Crippen LogP contribution >= 0.6 is 0 Å². The van der Waals surface area contributed by atoms with Crippen LogP contribution in [0.2, 0.25) is 0 Å². The molecule has 7 rings (SSSR count). The van der Waals surface area contributed by atoms with E-state index in [0.717, 1.165) is 28.8 Å². The van der Waals surface area contributed by atoms with E-state index in [1.165, 1.54) is 12.1 Å². The number of benzene rings is 4. The van der Waals surface area contributed by atoms with Crippen molar-refractivity contribution in [3.05, 3.63) is 87.1 Å². The molecule has 236 valence electrons. The van der Waals surface area contributed by atoms with Gasteiger partial charge >= 0.3 is 0 Å². The summed E-state index contributed by atoms with van der Waals surface area (Å²) in [6.45, 7) is 0.656. The fourth-order valence-electron chi connectivity index (χ4n) is 6.23. The molecule has 2 aliphatic rings. The minimum absolute atomic E-state index is 0.0451. The van der Waals surface area contributed by atoms with Crippen molar-refractivity contribution >= 4 is 11.0 Å². The summed E-state index contributed by atoms with van der Waals surface area (Å²) in [6.07, 6.45) is 0.607. The van der Waals surface area contributed by atoms with Crippen molar-refractivity contribution in [1.29, 1.82) is 0 Å². The molecule has 3 heterocycles. The number of hydrogen-bond donors (Lipinski definition) is 5. The van der Waals surface area contributed by atoms with Crippen molar-refractivity contribution in [3.63, 3.8) is 0 Å². The molecule has 1 atom stereocenters. The maximum Gasteiger partial charge on any atom is 0.238 e. The highest BCUT2D eigenvalue weighted by atomic mass is 16.7. The van der Waals surface area contributed by atoms with Crippen LogP contribution in [0.25, 0.3) is 22.3 Å². The molecular formula is C34H29NO11. The van der Waals surface area contributed by atoms with E-state index in [1.54, 1.807) is 14.2 Å². The number of nitrogens with zero attached hydrogens (tertiary/aromatic N) is 1. The van der Waals surface area contributed by atoms with Crippen LogP contribution in [0.5, 0.6) is 51.7 Å². The summed E-state index contributed by atoms with van der Waals surface area (Å²) in [5.41, 5.74) is 2.00. The molecule has 12 heteroatoms. The van der Waals surface area contributed by atoms with E-state index >= 15 is 0 Å². The summed E-state index contributed by atoms with van der Waals surface area (Å²) in [6, 6.07) is 13.8. The van der Waals surface area contributed by atoms with Crippen LogP contribution < -0.4 is 24.4 Å². The standard InChI is InChI=1S/C34H29NO11/c1-42-26-10-16-7-8-35(30(19(16)12-27(26)43-2)17-4-6-25-28(11-17)45-15-44-25)14-20-22(37)13-24(39)29-31(40)32(41)33(46-34(20)29)18-3-5-21(36)23(38)9-18/h3-6,9-13,30,36-39,41H,7-8,14-15H2,1-2H3. The molecule has 46 heavy (non-hydrogen) atoms. The Morgan fingerprint density at radius 3 is 2.35 bits per heavy atom. The van der Waals surface area contributed by atoms with E-state index < -0.39 is 34.5 Å². The van der Waals surface area contributed by atoms with Crippen LogP contribution in [0.4, 0.5) is 0 Å². The number of fused-ring (bicyclic) bond motifs is 3. The fourth-order valence-corrected chi connectivity index (χ4v) is 6.23. The van der Waals surface area contributed by atoms with Gasteiger partial charge in [0.15, 0.2) is 45.8 Å². The average Bonchev–Trinajstić information content (AvgIpc) is 3.52. The molecule has 0 saturated heterocycles. The molecule has 12 nitrogen and oxygen atoms in total. The lowest BCUT2D eigenvalue weighted by Gasteiger charge is -2.38. The Hall–Kier alpha value is -5.75. The van der Waals surface area contributed by atoms with Gasteiger partial charge in [0.2, 0.25) is 18.0 Å². The van der Waals surface area contributed by atoms with Crippen molar-refractivity contribution in [2.75, 3.05) is 27.6 Å². The summed E-state index contributed by atoms with van der Waals surface area (Å²) in [7, 11) is 3.14. The third-order valence-electron chi connectivity index (χ3n) is 8.49. The van der Waals surface area contributed by atoms with Gasteiger partial charge in [-0.2, -0.15) is 0 Å². The number of aromatic hydroxyl groups is 5. The molecule has 0 amide bonds. The first-order valence-corrected chi connectivity index (χ1v) is 14.3. The van der Waals surface area contributed by atoms with Gasteiger partial charge in [-0.15, -0.1) is 0 Å². The Balaban J connectivity index is 1.41. The number of ether oxygens (including phenoxy) is 4. The SMILES string of the molecule is COc1cc2c(cc1OC)C(c1ccc3c(c1)OCO3)N(Cc1c(O)cc(O)c3c(=O)c(O)c(-c4ccc(O)c(O)c4)oc13)CC2. The summed E-state index contributed by atoms with van der Waals surface area (Å²) in [5, 5.41) is 52.2. The molecule has 5 aromatic rings. The van der Waals surface area contributed by atoms with Gasteiger partial charge in [0.05, 0.1) is 25.8 Å². The number of phenols is 4. The third-order valence-corrected chi connectivity index (χ3v) is 8.49. The van der Waals surface area contributed by atoms with E-state index in [9.17, 15) is 30.3 Å². The minimum Gasteiger partial charge on any atom is -0.507 e. The van der Waals surface area contributed by atoms with Crippen LogP contribution in [-0.2, 0) is 13.0 Å². The van der Waals surface area contributed by atoms with Crippen LogP contribution in [0.1, 0.15) is 28.3 Å². The van der Waals surface area contributed by atoms with Crippen molar-refractivity contribution in [1.82, 2.24) is 4.90 Å². The van der Waals surface area contributed by atoms with Gasteiger partial charge in [0.25, 0.3) is 0 Å². The van der Waals surface area contributed by atoms with Gasteiger partial charge in [0.1, 0.15) is 16.9 Å². The lowest BCUT2D eigenvalue weighted by molar-refractivity contribution is 0.173. The molecule has 2 aliphatic heterocycles. The maximum absolute atomic E-state index is 13.4. The normalized spacial score (nSPS) is 15.6. The first-order valence-electron chi connectivity index (χ1n) is 14.3. The molecule has 0 fully saturated rings. The van der Waals surface area contributed by atoms with Crippen LogP contribution in [0.3, 0.4) is 0 Å². The maximum atomic E-state index is 13.4. The Kier molecular flexibility index (Phi) is 6.93. The van der Waals surface area contributed by atoms with Gasteiger partial charge in [-0.05, 0) is 65.6 Å². The summed E-state index contributed by atoms with van der Waals surface area (Å²) < 4.78 is 28.5. The van der Waals surface area contributed by atoms with Crippen LogP contribution in [-0.4, -0.2) is 58.0 Å². The molecule has 0 aliphatic carbocycles. The van der Waals surface area contributed by atoms with E-state index in [0.29, 0.717) is 36.0 Å². The molecule has 1 aromatic heterocycles. The number of rotatable bonds is 6. The van der Waals surface area contributed by atoms with E-state index in [4.69, 9.17) is 23.4 Å². The Morgan fingerprint density at radius 2 is 1.59 bits per heavy atom. The first-order chi connectivity index (χ1) is 22.2. The number of phenolic OH excluding ortho intramolecular Hbond substituents is 4. The number of hydrogen-bond acceptors (Lipinski definition) is 12. The second kappa shape index (κ2) is 11.0. The van der Waals surface area contributed by atoms with Crippen molar-refractivity contribution in [3.8, 4) is 63.1 Å². The highest BCUT2D eigenvalue weighted by molar-refractivity contribution is 5.91. The molecular weight excluding hydrogens is 598 g/mol. The largest absolute Gasteiger partial charge is 0.507 e. The zero-order valence-corrected chi connectivity index (χ0v) is 24.7. The summed E-state index contributed by atoms with van der Waals surface area (Å²) in [5.74, 6) is -0.592. The van der Waals surface area contributed by atoms with E-state index in [2.05, 4.69) is 4.90 Å². The van der Waals surface area contributed by atoms with Gasteiger partial charge in [-0.1, -0.05) is 6.07 Å². The highest BCUT2D eigenvalue weighted by Gasteiger charge is 2.34. The monoisotopic (exact) mass is 627 g/mol. The zero-order valence-electron chi connectivity index (χ0n) is 24.7. The first kappa shape index (κ1) is 29.0. The Morgan fingerprint density at radius 1 is 0.826 bits per heavy atom. The van der Waals surface area contributed by atoms with Gasteiger partial charge in [-0.25, -0.2) is 0 Å². The van der Waals surface area contributed by atoms with Crippen LogP contribution in [0.15, 0.2) is 63.8 Å². The molecule has 5 N–H and O–H groups in total. The lowest BCUT2D eigenvalue weighted by atomic mass is 9.87. The average molecular weight is 628 g/mol. The second-order valence-corrected chi connectivity index (χ2v) is 11.1. The summed E-state index contributed by atoms with van der Waals surface area (Å²) >= 11 is 0. The van der Waals surface area contributed by atoms with E-state index in [1.807, 2.05) is 30.3 Å². The third kappa shape index (κ3) is 4.61. The molecule has 0 bridgehead atoms. The van der Waals surface area contributed by atoms with Gasteiger partial charge in [0, 0.05) is 24.7 Å². The molecule has 1 unspecified atom stereocenters. The molecule has 0 spiro atoms. The quantitative estimate of drug-likeness (QED) is 0.162. The van der Waals surface area contributed by atoms with Crippen molar-refractivity contribution < 1.29 is 48.9 Å². The predicted octanol–water partition coefficient (Wildman–Crippen LogP) is 4.88. The van der Waals surface area contributed by atoms with Crippen LogP contribution in [0, 0.1) is 0 Å². The van der Waals surface area contributed by atoms with Gasteiger partial charge < -0.3 is 48.9 Å². The molecule has 0 saturated carbocycles. The number of methoxy groups -OCH3 is 2. The van der Waals surface area contributed by atoms with E-state index in [-0.39, 0.29) is 46.9 Å². The predicted molar refractivity (Wildman–Crippen MR) is 164 cm³/mol. The topological polar surface area (TPSA) is 172 Å². The summed E-state index contributed by atoms with van der Waals surface area (Å²) in [4.78, 5) is 15.5. The Bertz CT molecular complexity index is 2090. The van der Waals surface area contributed by atoms with Gasteiger partial charge in [-0.3, -0.25) is 9.69 Å². The minimum atomic E-state index is -0.935. The smallest absolute Gasteiger partial charge is 0.238 e. The molecule has 0 radical (unpaired) electrons. The lowest BCUT2D eigenvalue weighted by Crippen LogP contribution is -2.36. The van der Waals surface area contributed by atoms with Crippen molar-refractivity contribution in [2.45, 2.75) is 19.0 Å². The molecule has 4 aromatic carbocycles.